The van der Waals surface area contributed by atoms with Crippen molar-refractivity contribution in [2.45, 2.75) is 43.4 Å². The molecular weight excluding hydrogens is 200 g/mol. The molecule has 86 valence electrons. The number of nitrogens with two attached hydrogens (primary N) is 1. The van der Waals surface area contributed by atoms with Crippen LogP contribution in [-0.2, 0) is 6.42 Å². The Kier molecular flexibility index (Phi) is 2.19. The van der Waals surface area contributed by atoms with Crippen LogP contribution in [0.4, 0.5) is 5.69 Å². The van der Waals surface area contributed by atoms with Gasteiger partial charge in [0.1, 0.15) is 0 Å². The average molecular weight is 218 g/mol. The number of aliphatic hydroxyl groups is 1. The fourth-order valence-corrected chi connectivity index (χ4v) is 2.97. The zero-order valence-corrected chi connectivity index (χ0v) is 9.32. The Morgan fingerprint density at radius 1 is 1.31 bits per heavy atom. The van der Waals surface area contributed by atoms with Crippen molar-refractivity contribution in [1.29, 1.82) is 0 Å². The first-order chi connectivity index (χ1) is 7.67. The predicted molar refractivity (Wildman–Crippen MR) is 64.3 cm³/mol. The van der Waals surface area contributed by atoms with E-state index in [1.54, 1.807) is 0 Å². The molecule has 3 heteroatoms. The van der Waals surface area contributed by atoms with E-state index in [1.165, 1.54) is 11.3 Å². The molecule has 0 aromatic heterocycles. The number of fused-ring (bicyclic) bond motifs is 1. The lowest BCUT2D eigenvalue weighted by atomic mass is 9.69. The van der Waals surface area contributed by atoms with Crippen LogP contribution >= 0.6 is 0 Å². The summed E-state index contributed by atoms with van der Waals surface area (Å²) >= 11 is 0. The van der Waals surface area contributed by atoms with E-state index in [1.807, 2.05) is 6.07 Å². The third kappa shape index (κ3) is 1.51. The van der Waals surface area contributed by atoms with Gasteiger partial charge in [-0.25, -0.2) is 0 Å². The SMILES string of the molecule is NC1CC(O)(C2CCc3ccccc3N2)C1. The van der Waals surface area contributed by atoms with Crippen LogP contribution in [0.5, 0.6) is 0 Å². The van der Waals surface area contributed by atoms with Gasteiger partial charge in [-0.15, -0.1) is 0 Å². The Labute approximate surface area is 95.7 Å². The highest BCUT2D eigenvalue weighted by Gasteiger charge is 2.47. The average Bonchev–Trinajstić information content (AvgIpc) is 2.26. The molecule has 0 spiro atoms. The zero-order valence-electron chi connectivity index (χ0n) is 9.32. The molecule has 1 saturated carbocycles. The Balaban J connectivity index is 1.78. The van der Waals surface area contributed by atoms with E-state index in [0.29, 0.717) is 0 Å². The normalized spacial score (nSPS) is 37.1. The first-order valence-electron chi connectivity index (χ1n) is 6.00. The maximum Gasteiger partial charge on any atom is 0.0877 e. The van der Waals surface area contributed by atoms with Crippen LogP contribution in [0.25, 0.3) is 0 Å². The zero-order chi connectivity index (χ0) is 11.2. The van der Waals surface area contributed by atoms with Crippen molar-refractivity contribution in [3.05, 3.63) is 29.8 Å². The van der Waals surface area contributed by atoms with Crippen LogP contribution in [0, 0.1) is 0 Å². The van der Waals surface area contributed by atoms with Gasteiger partial charge in [-0.2, -0.15) is 0 Å². The van der Waals surface area contributed by atoms with Crippen LogP contribution in [0.2, 0.25) is 0 Å². The van der Waals surface area contributed by atoms with Crippen molar-refractivity contribution in [2.24, 2.45) is 5.73 Å². The molecule has 1 atom stereocenters. The monoisotopic (exact) mass is 218 g/mol. The summed E-state index contributed by atoms with van der Waals surface area (Å²) < 4.78 is 0. The Morgan fingerprint density at radius 3 is 2.81 bits per heavy atom. The summed E-state index contributed by atoms with van der Waals surface area (Å²) in [6.07, 6.45) is 3.51. The summed E-state index contributed by atoms with van der Waals surface area (Å²) in [5.41, 5.74) is 7.72. The van der Waals surface area contributed by atoms with Crippen LogP contribution in [0.1, 0.15) is 24.8 Å². The van der Waals surface area contributed by atoms with E-state index in [0.717, 1.165) is 25.7 Å². The lowest BCUT2D eigenvalue weighted by Crippen LogP contribution is -2.61. The lowest BCUT2D eigenvalue weighted by Gasteiger charge is -2.49. The van der Waals surface area contributed by atoms with Crippen molar-refractivity contribution in [3.8, 4) is 0 Å². The molecule has 0 radical (unpaired) electrons. The number of nitrogens with one attached hydrogen (secondary N) is 1. The smallest absolute Gasteiger partial charge is 0.0877 e. The highest BCUT2D eigenvalue weighted by atomic mass is 16.3. The molecule has 0 saturated heterocycles. The third-order valence-corrected chi connectivity index (χ3v) is 3.93. The number of para-hydroxylation sites is 1. The van der Waals surface area contributed by atoms with Crippen LogP contribution in [-0.4, -0.2) is 22.8 Å². The number of hydrogen-bond donors (Lipinski definition) is 3. The number of benzene rings is 1. The molecule has 0 amide bonds. The fourth-order valence-electron chi connectivity index (χ4n) is 2.97. The highest BCUT2D eigenvalue weighted by Crippen LogP contribution is 2.39. The first kappa shape index (κ1) is 10.1. The van der Waals surface area contributed by atoms with Gasteiger partial charge in [0.25, 0.3) is 0 Å². The minimum absolute atomic E-state index is 0.169. The van der Waals surface area contributed by atoms with Gasteiger partial charge in [-0.1, -0.05) is 18.2 Å². The molecule has 1 aliphatic carbocycles. The molecule has 1 aromatic carbocycles. The van der Waals surface area contributed by atoms with Crippen molar-refractivity contribution in [1.82, 2.24) is 0 Å². The largest absolute Gasteiger partial charge is 0.388 e. The summed E-state index contributed by atoms with van der Waals surface area (Å²) in [7, 11) is 0. The number of aryl methyl sites for hydroxylation is 1. The van der Waals surface area contributed by atoms with Gasteiger partial charge in [0.15, 0.2) is 0 Å². The molecule has 1 unspecified atom stereocenters. The van der Waals surface area contributed by atoms with Crippen molar-refractivity contribution >= 4 is 5.69 Å². The number of rotatable bonds is 1. The highest BCUT2D eigenvalue weighted by molar-refractivity contribution is 5.54. The molecule has 1 fully saturated rings. The van der Waals surface area contributed by atoms with E-state index in [9.17, 15) is 5.11 Å². The van der Waals surface area contributed by atoms with Gasteiger partial charge >= 0.3 is 0 Å². The molecule has 1 aliphatic heterocycles. The lowest BCUT2D eigenvalue weighted by molar-refractivity contribution is -0.0638. The van der Waals surface area contributed by atoms with Gasteiger partial charge in [0.05, 0.1) is 11.6 Å². The molecule has 2 aliphatic rings. The van der Waals surface area contributed by atoms with E-state index < -0.39 is 5.60 Å². The number of anilines is 1. The maximum absolute atomic E-state index is 10.4. The van der Waals surface area contributed by atoms with Crippen LogP contribution in [0.3, 0.4) is 0 Å². The van der Waals surface area contributed by atoms with Gasteiger partial charge in [-0.05, 0) is 37.3 Å². The molecule has 3 nitrogen and oxygen atoms in total. The van der Waals surface area contributed by atoms with Crippen molar-refractivity contribution < 1.29 is 5.11 Å². The summed E-state index contributed by atoms with van der Waals surface area (Å²) in [6.45, 7) is 0. The second-order valence-corrected chi connectivity index (χ2v) is 5.16. The third-order valence-electron chi connectivity index (χ3n) is 3.93. The minimum atomic E-state index is -0.576. The number of hydrogen-bond acceptors (Lipinski definition) is 3. The Hall–Kier alpha value is -1.06. The van der Waals surface area contributed by atoms with Gasteiger partial charge < -0.3 is 16.2 Å². The predicted octanol–water partition coefficient (Wildman–Crippen LogP) is 1.27. The van der Waals surface area contributed by atoms with E-state index in [2.05, 4.69) is 23.5 Å². The molecule has 1 heterocycles. The molecule has 16 heavy (non-hydrogen) atoms. The molecule has 0 bridgehead atoms. The summed E-state index contributed by atoms with van der Waals surface area (Å²) in [4.78, 5) is 0. The second-order valence-electron chi connectivity index (χ2n) is 5.16. The minimum Gasteiger partial charge on any atom is -0.388 e. The van der Waals surface area contributed by atoms with Crippen molar-refractivity contribution in [3.63, 3.8) is 0 Å². The molecule has 1 aromatic rings. The summed E-state index contributed by atoms with van der Waals surface area (Å²) in [5.74, 6) is 0. The van der Waals surface area contributed by atoms with Crippen LogP contribution < -0.4 is 11.1 Å². The van der Waals surface area contributed by atoms with E-state index >= 15 is 0 Å². The topological polar surface area (TPSA) is 58.3 Å². The van der Waals surface area contributed by atoms with Crippen molar-refractivity contribution in [2.75, 3.05) is 5.32 Å². The second kappa shape index (κ2) is 3.47. The molecular formula is C13H18N2O. The Morgan fingerprint density at radius 2 is 2.06 bits per heavy atom. The van der Waals surface area contributed by atoms with Crippen LogP contribution in [0.15, 0.2) is 24.3 Å². The standard InChI is InChI=1S/C13H18N2O/c14-10-7-13(16,8-10)12-6-5-9-3-1-2-4-11(9)15-12/h1-4,10,12,15-16H,5-8,14H2. The van der Waals surface area contributed by atoms with Gasteiger partial charge in [0, 0.05) is 11.7 Å². The van der Waals surface area contributed by atoms with Gasteiger partial charge in [0.2, 0.25) is 0 Å². The van der Waals surface area contributed by atoms with Gasteiger partial charge in [-0.3, -0.25) is 0 Å². The quantitative estimate of drug-likeness (QED) is 0.665. The summed E-state index contributed by atoms with van der Waals surface area (Å²) in [6, 6.07) is 8.68. The maximum atomic E-state index is 10.4. The molecule has 3 rings (SSSR count). The van der Waals surface area contributed by atoms with E-state index in [4.69, 9.17) is 5.73 Å². The first-order valence-corrected chi connectivity index (χ1v) is 6.00. The molecule has 4 N–H and O–H groups in total. The summed E-state index contributed by atoms with van der Waals surface area (Å²) in [5, 5.41) is 13.8. The Bertz CT molecular complexity index is 399. The van der Waals surface area contributed by atoms with E-state index in [-0.39, 0.29) is 12.1 Å². The fraction of sp³-hybridized carbons (Fsp3) is 0.538.